The summed E-state index contributed by atoms with van der Waals surface area (Å²) in [5.41, 5.74) is -1.38. The van der Waals surface area contributed by atoms with Crippen LogP contribution < -0.4 is 4.74 Å². The number of hydrogen-bond donors (Lipinski definition) is 0. The highest BCUT2D eigenvalue weighted by molar-refractivity contribution is 5.44. The topological polar surface area (TPSA) is 33.0 Å². The maximum atomic E-state index is 12.5. The average molecular weight is 241 g/mol. The van der Waals surface area contributed by atoms with Crippen molar-refractivity contribution in [3.63, 3.8) is 0 Å². The van der Waals surface area contributed by atoms with Gasteiger partial charge >= 0.3 is 6.18 Å². The molecule has 0 N–H and O–H groups in total. The van der Waals surface area contributed by atoms with Gasteiger partial charge in [0.2, 0.25) is 0 Å². The highest BCUT2D eigenvalue weighted by atomic mass is 19.4. The van der Waals surface area contributed by atoms with E-state index in [9.17, 15) is 13.2 Å². The number of alkyl halides is 3. The zero-order valence-corrected chi connectivity index (χ0v) is 8.92. The first kappa shape index (κ1) is 13.1. The van der Waals surface area contributed by atoms with Gasteiger partial charge in [0.15, 0.2) is 0 Å². The molecule has 0 spiro atoms. The van der Waals surface area contributed by atoms with Gasteiger partial charge in [-0.2, -0.15) is 18.4 Å². The zero-order valence-electron chi connectivity index (χ0n) is 8.92. The van der Waals surface area contributed by atoms with Crippen molar-refractivity contribution in [2.75, 3.05) is 6.61 Å². The highest BCUT2D eigenvalue weighted by Gasteiger charge is 2.33. The molecule has 0 radical (unpaired) electrons. The first-order valence-electron chi connectivity index (χ1n) is 4.84. The van der Waals surface area contributed by atoms with Crippen molar-refractivity contribution in [1.29, 1.82) is 5.26 Å². The Bertz CT molecular complexity index is 446. The Hall–Kier alpha value is -1.96. The van der Waals surface area contributed by atoms with Gasteiger partial charge in [-0.1, -0.05) is 6.08 Å². The van der Waals surface area contributed by atoms with Crippen LogP contribution in [0.15, 0.2) is 30.9 Å². The molecule has 0 amide bonds. The van der Waals surface area contributed by atoms with E-state index in [4.69, 9.17) is 10.00 Å². The van der Waals surface area contributed by atoms with Crippen LogP contribution in [0, 0.1) is 11.3 Å². The van der Waals surface area contributed by atoms with Crippen LogP contribution in [-0.2, 0) is 6.18 Å². The summed E-state index contributed by atoms with van der Waals surface area (Å²) in [4.78, 5) is 0. The summed E-state index contributed by atoms with van der Waals surface area (Å²) >= 11 is 0. The number of rotatable bonds is 4. The van der Waals surface area contributed by atoms with E-state index in [-0.39, 0.29) is 5.75 Å². The summed E-state index contributed by atoms with van der Waals surface area (Å²) in [5, 5.41) is 8.66. The molecule has 0 saturated carbocycles. The van der Waals surface area contributed by atoms with E-state index in [1.807, 2.05) is 0 Å². The number of nitriles is 1. The summed E-state index contributed by atoms with van der Waals surface area (Å²) in [6.07, 6.45) is -2.30. The molecule has 90 valence electrons. The van der Waals surface area contributed by atoms with Crippen LogP contribution in [0.1, 0.15) is 17.5 Å². The quantitative estimate of drug-likeness (QED) is 0.596. The molecule has 1 aromatic rings. The maximum absolute atomic E-state index is 12.5. The van der Waals surface area contributed by atoms with Crippen molar-refractivity contribution in [3.05, 3.63) is 42.0 Å². The number of nitrogens with zero attached hydrogens (tertiary/aromatic N) is 1. The molecule has 1 aromatic carbocycles. The number of benzene rings is 1. The molecule has 17 heavy (non-hydrogen) atoms. The number of hydrogen-bond acceptors (Lipinski definition) is 2. The second-order valence-electron chi connectivity index (χ2n) is 3.24. The van der Waals surface area contributed by atoms with Gasteiger partial charge in [-0.15, -0.1) is 6.58 Å². The van der Waals surface area contributed by atoms with E-state index in [1.165, 1.54) is 12.1 Å². The Labute approximate surface area is 96.9 Å². The van der Waals surface area contributed by atoms with E-state index < -0.39 is 17.3 Å². The molecule has 0 heterocycles. The molecule has 0 atom stereocenters. The summed E-state index contributed by atoms with van der Waals surface area (Å²) in [6.45, 7) is 3.81. The van der Waals surface area contributed by atoms with Crippen molar-refractivity contribution < 1.29 is 17.9 Å². The van der Waals surface area contributed by atoms with E-state index in [2.05, 4.69) is 6.58 Å². The molecule has 2 nitrogen and oxygen atoms in total. The number of halogens is 3. The fourth-order valence-corrected chi connectivity index (χ4v) is 1.21. The first-order chi connectivity index (χ1) is 7.99. The minimum absolute atomic E-state index is 0.247. The average Bonchev–Trinajstić information content (AvgIpc) is 2.28. The Morgan fingerprint density at radius 3 is 2.65 bits per heavy atom. The Balaban J connectivity index is 2.94. The van der Waals surface area contributed by atoms with Crippen molar-refractivity contribution in [2.45, 2.75) is 12.6 Å². The maximum Gasteiger partial charge on any atom is 0.417 e. The van der Waals surface area contributed by atoms with Gasteiger partial charge in [-0.3, -0.25) is 0 Å². The number of ether oxygens (including phenoxy) is 1. The third-order valence-corrected chi connectivity index (χ3v) is 2.01. The molecular weight excluding hydrogens is 231 g/mol. The summed E-state index contributed by atoms with van der Waals surface area (Å²) in [5.74, 6) is 0.247. The second-order valence-corrected chi connectivity index (χ2v) is 3.24. The van der Waals surface area contributed by atoms with Gasteiger partial charge in [-0.25, -0.2) is 0 Å². The largest absolute Gasteiger partial charge is 0.493 e. The SMILES string of the molecule is C=CCCOc1ccc(C(F)(F)F)c(C#N)c1. The molecule has 0 aromatic heterocycles. The molecule has 0 saturated heterocycles. The van der Waals surface area contributed by atoms with E-state index >= 15 is 0 Å². The van der Waals surface area contributed by atoms with Crippen molar-refractivity contribution >= 4 is 0 Å². The van der Waals surface area contributed by atoms with Crippen LogP contribution in [0.25, 0.3) is 0 Å². The minimum Gasteiger partial charge on any atom is -0.493 e. The van der Waals surface area contributed by atoms with Crippen LogP contribution in [-0.4, -0.2) is 6.61 Å². The van der Waals surface area contributed by atoms with Crippen LogP contribution in [0.4, 0.5) is 13.2 Å². The molecule has 0 aliphatic carbocycles. The lowest BCUT2D eigenvalue weighted by Crippen LogP contribution is -2.08. The third kappa shape index (κ3) is 3.52. The predicted molar refractivity (Wildman–Crippen MR) is 56.5 cm³/mol. The molecule has 0 aliphatic heterocycles. The lowest BCUT2D eigenvalue weighted by atomic mass is 10.1. The fourth-order valence-electron chi connectivity index (χ4n) is 1.21. The van der Waals surface area contributed by atoms with E-state index in [1.54, 1.807) is 6.08 Å². The highest BCUT2D eigenvalue weighted by Crippen LogP contribution is 2.33. The van der Waals surface area contributed by atoms with Gasteiger partial charge in [0.25, 0.3) is 0 Å². The predicted octanol–water partition coefficient (Wildman–Crippen LogP) is 3.53. The monoisotopic (exact) mass is 241 g/mol. The van der Waals surface area contributed by atoms with Crippen molar-refractivity contribution in [2.24, 2.45) is 0 Å². The summed E-state index contributed by atoms with van der Waals surface area (Å²) < 4.78 is 42.6. The summed E-state index contributed by atoms with van der Waals surface area (Å²) in [6, 6.07) is 4.65. The van der Waals surface area contributed by atoms with Crippen LogP contribution in [0.3, 0.4) is 0 Å². The molecule has 0 fully saturated rings. The first-order valence-corrected chi connectivity index (χ1v) is 4.84. The van der Waals surface area contributed by atoms with Crippen molar-refractivity contribution in [3.8, 4) is 11.8 Å². The van der Waals surface area contributed by atoms with Crippen LogP contribution in [0.2, 0.25) is 0 Å². The molecular formula is C12H10F3NO. The van der Waals surface area contributed by atoms with Gasteiger partial charge in [0, 0.05) is 0 Å². The minimum atomic E-state index is -4.52. The van der Waals surface area contributed by atoms with Crippen LogP contribution in [0.5, 0.6) is 5.75 Å². The van der Waals surface area contributed by atoms with Gasteiger partial charge < -0.3 is 4.74 Å². The molecule has 0 bridgehead atoms. The summed E-state index contributed by atoms with van der Waals surface area (Å²) in [7, 11) is 0. The van der Waals surface area contributed by atoms with Crippen molar-refractivity contribution in [1.82, 2.24) is 0 Å². The zero-order chi connectivity index (χ0) is 12.9. The lowest BCUT2D eigenvalue weighted by Gasteiger charge is -2.10. The lowest BCUT2D eigenvalue weighted by molar-refractivity contribution is -0.137. The van der Waals surface area contributed by atoms with Gasteiger partial charge in [-0.05, 0) is 24.6 Å². The van der Waals surface area contributed by atoms with Gasteiger partial charge in [0.1, 0.15) is 5.75 Å². The smallest absolute Gasteiger partial charge is 0.417 e. The van der Waals surface area contributed by atoms with E-state index in [0.717, 1.165) is 12.1 Å². The van der Waals surface area contributed by atoms with Crippen LogP contribution >= 0.6 is 0 Å². The Morgan fingerprint density at radius 2 is 2.12 bits per heavy atom. The third-order valence-electron chi connectivity index (χ3n) is 2.01. The normalized spacial score (nSPS) is 10.7. The molecule has 5 heteroatoms. The Kier molecular flexibility index (Phi) is 4.16. The Morgan fingerprint density at radius 1 is 1.41 bits per heavy atom. The molecule has 1 rings (SSSR count). The molecule has 0 aliphatic rings. The van der Waals surface area contributed by atoms with Gasteiger partial charge in [0.05, 0.1) is 23.8 Å². The molecule has 0 unspecified atom stereocenters. The van der Waals surface area contributed by atoms with E-state index in [0.29, 0.717) is 13.0 Å². The fraction of sp³-hybridized carbons (Fsp3) is 0.250. The second kappa shape index (κ2) is 5.39. The standard InChI is InChI=1S/C12H10F3NO/c1-2-3-6-17-10-4-5-11(12(13,14)15)9(7-10)8-16/h2,4-5,7H,1,3,6H2.